The Morgan fingerprint density at radius 2 is 1.50 bits per heavy atom. The van der Waals surface area contributed by atoms with Gasteiger partial charge < -0.3 is 9.47 Å². The Balaban J connectivity index is 2.04. The Labute approximate surface area is 153 Å². The normalized spacial score (nSPS) is 10.7. The minimum Gasteiger partial charge on any atom is -0.497 e. The molecule has 1 aromatic heterocycles. The largest absolute Gasteiger partial charge is 0.497 e. The molecule has 0 saturated heterocycles. The highest BCUT2D eigenvalue weighted by molar-refractivity contribution is 5.88. The van der Waals surface area contributed by atoms with Crippen molar-refractivity contribution in [2.24, 2.45) is 0 Å². The molecular weight excluding hydrogens is 328 g/mol. The number of aromatic nitrogens is 1. The van der Waals surface area contributed by atoms with Crippen molar-refractivity contribution < 1.29 is 18.9 Å². The Morgan fingerprint density at radius 1 is 0.885 bits per heavy atom. The van der Waals surface area contributed by atoms with Crippen LogP contribution in [0.2, 0.25) is 0 Å². The zero-order chi connectivity index (χ0) is 18.8. The first-order valence-corrected chi connectivity index (χ1v) is 8.38. The van der Waals surface area contributed by atoms with Crippen LogP contribution in [0.4, 0.5) is 4.79 Å². The number of aryl methyl sites for hydroxylation is 2. The van der Waals surface area contributed by atoms with Gasteiger partial charge >= 0.3 is 6.09 Å². The molecule has 0 fully saturated rings. The van der Waals surface area contributed by atoms with E-state index in [0.29, 0.717) is 0 Å². The van der Waals surface area contributed by atoms with Crippen molar-refractivity contribution >= 4 is 16.9 Å². The molecule has 0 spiro atoms. The summed E-state index contributed by atoms with van der Waals surface area (Å²) >= 11 is 0. The number of carbonyl (C=O) groups excluding carboxylic acids is 1. The number of pyridine rings is 1. The van der Waals surface area contributed by atoms with Gasteiger partial charge in [-0.2, -0.15) is 0 Å². The molecule has 26 heavy (non-hydrogen) atoms. The van der Waals surface area contributed by atoms with Crippen molar-refractivity contribution in [3.8, 4) is 16.9 Å². The molecule has 0 radical (unpaired) electrons. The third-order valence-corrected chi connectivity index (χ3v) is 4.52. The molecule has 5 heteroatoms. The number of amides is 1. The van der Waals surface area contributed by atoms with E-state index in [0.717, 1.165) is 39.0 Å². The fourth-order valence-electron chi connectivity index (χ4n) is 3.28. The summed E-state index contributed by atoms with van der Waals surface area (Å²) in [6, 6.07) is 16.5. The molecule has 0 unspecified atom stereocenters. The Bertz CT molecular complexity index is 959. The number of hydrogen-bond acceptors (Lipinski definition) is 3. The van der Waals surface area contributed by atoms with Gasteiger partial charge in [-0.1, -0.05) is 27.9 Å². The first-order chi connectivity index (χ1) is 12.4. The topological polar surface area (TPSA) is 42.7 Å². The number of carbonyl (C=O) groups is 1. The lowest BCUT2D eigenvalue weighted by Crippen LogP contribution is -2.61. The lowest BCUT2D eigenvalue weighted by molar-refractivity contribution is -0.692. The molecule has 0 saturated carbocycles. The van der Waals surface area contributed by atoms with E-state index in [-0.39, 0.29) is 0 Å². The number of fused-ring (bicyclic) bond motifs is 1. The molecule has 134 valence electrons. The summed E-state index contributed by atoms with van der Waals surface area (Å²) < 4.78 is 11.9. The van der Waals surface area contributed by atoms with Gasteiger partial charge in [-0.3, -0.25) is 0 Å². The van der Waals surface area contributed by atoms with Gasteiger partial charge in [-0.05, 0) is 40.1 Å². The van der Waals surface area contributed by atoms with Gasteiger partial charge in [0.15, 0.2) is 0 Å². The third-order valence-electron chi connectivity index (χ3n) is 4.52. The van der Waals surface area contributed by atoms with Crippen molar-refractivity contribution in [3.63, 3.8) is 0 Å². The fourth-order valence-corrected chi connectivity index (χ4v) is 3.28. The van der Waals surface area contributed by atoms with E-state index < -0.39 is 6.09 Å². The maximum atomic E-state index is 11.8. The molecule has 1 heterocycles. The second-order valence-electron chi connectivity index (χ2n) is 6.26. The van der Waals surface area contributed by atoms with Crippen LogP contribution in [-0.2, 0) is 4.74 Å². The van der Waals surface area contributed by atoms with Crippen molar-refractivity contribution in [2.75, 3.05) is 26.3 Å². The Kier molecular flexibility index (Phi) is 4.80. The van der Waals surface area contributed by atoms with Crippen molar-refractivity contribution in [3.05, 3.63) is 59.9 Å². The first-order valence-electron chi connectivity index (χ1n) is 8.38. The third kappa shape index (κ3) is 3.20. The van der Waals surface area contributed by atoms with Crippen LogP contribution < -0.4 is 14.4 Å². The van der Waals surface area contributed by atoms with Crippen LogP contribution in [0.3, 0.4) is 0 Å². The van der Waals surface area contributed by atoms with Gasteiger partial charge in [0.1, 0.15) is 5.75 Å². The summed E-state index contributed by atoms with van der Waals surface area (Å²) in [5, 5.41) is 3.75. The zero-order valence-corrected chi connectivity index (χ0v) is 15.7. The van der Waals surface area contributed by atoms with Crippen LogP contribution in [0, 0.1) is 13.8 Å². The van der Waals surface area contributed by atoms with E-state index in [2.05, 4.69) is 36.4 Å². The van der Waals surface area contributed by atoms with Gasteiger partial charge in [-0.15, -0.1) is 0 Å². The van der Waals surface area contributed by atoms with Gasteiger partial charge in [0.25, 0.3) is 0 Å². The van der Waals surface area contributed by atoms with Gasteiger partial charge in [0.05, 0.1) is 21.3 Å². The molecule has 1 amide bonds. The molecule has 3 rings (SSSR count). The fraction of sp³-hybridized carbons (Fsp3) is 0.238. The predicted octanol–water partition coefficient (Wildman–Crippen LogP) is 3.75. The van der Waals surface area contributed by atoms with Crippen molar-refractivity contribution in [1.29, 1.82) is 0 Å². The predicted molar refractivity (Wildman–Crippen MR) is 102 cm³/mol. The lowest BCUT2D eigenvalue weighted by Gasteiger charge is -2.14. The highest BCUT2D eigenvalue weighted by Gasteiger charge is 2.24. The average molecular weight is 351 g/mol. The molecule has 0 N–H and O–H groups in total. The Hall–Kier alpha value is -3.08. The number of nitrogens with zero attached hydrogens (tertiary/aromatic N) is 2. The van der Waals surface area contributed by atoms with Gasteiger partial charge in [0.2, 0.25) is 11.4 Å². The SMILES string of the molecule is COC(=O)N(C)[n+]1c(C)cc(-c2ccc3cc(OC)ccc3c2)cc1C. The lowest BCUT2D eigenvalue weighted by atomic mass is 10.0. The van der Waals surface area contributed by atoms with E-state index in [9.17, 15) is 4.79 Å². The first kappa shape index (κ1) is 17.7. The second kappa shape index (κ2) is 7.04. The highest BCUT2D eigenvalue weighted by Crippen LogP contribution is 2.27. The quantitative estimate of drug-likeness (QED) is 0.675. The van der Waals surface area contributed by atoms with Gasteiger partial charge in [0, 0.05) is 26.0 Å². The molecule has 0 aliphatic rings. The molecular formula is C21H23N2O3+. The van der Waals surface area contributed by atoms with E-state index in [1.807, 2.05) is 30.7 Å². The van der Waals surface area contributed by atoms with E-state index in [1.165, 1.54) is 12.1 Å². The van der Waals surface area contributed by atoms with Crippen LogP contribution >= 0.6 is 0 Å². The number of rotatable bonds is 3. The number of hydrogen-bond donors (Lipinski definition) is 0. The number of benzene rings is 2. The summed E-state index contributed by atoms with van der Waals surface area (Å²) in [6.07, 6.45) is -0.409. The second-order valence-corrected chi connectivity index (χ2v) is 6.26. The summed E-state index contributed by atoms with van der Waals surface area (Å²) in [6.45, 7) is 3.95. The summed E-state index contributed by atoms with van der Waals surface area (Å²) in [4.78, 5) is 11.8. The van der Waals surface area contributed by atoms with Crippen LogP contribution in [0.1, 0.15) is 11.4 Å². The number of ether oxygens (including phenoxy) is 2. The van der Waals surface area contributed by atoms with Gasteiger partial charge in [-0.25, -0.2) is 4.79 Å². The molecule has 0 atom stereocenters. The van der Waals surface area contributed by atoms with Crippen molar-refractivity contribution in [2.45, 2.75) is 13.8 Å². The average Bonchev–Trinajstić information content (AvgIpc) is 2.65. The van der Waals surface area contributed by atoms with E-state index in [1.54, 1.807) is 14.2 Å². The number of methoxy groups -OCH3 is 2. The van der Waals surface area contributed by atoms with E-state index >= 15 is 0 Å². The monoisotopic (exact) mass is 351 g/mol. The standard InChI is InChI=1S/C21H23N2O3/c1-14-10-19(11-15(2)23(14)22(3)21(24)26-5)17-6-7-18-13-20(25-4)9-8-16(18)12-17/h6-13H,1-5H3/q+1. The molecule has 5 nitrogen and oxygen atoms in total. The molecule has 3 aromatic rings. The van der Waals surface area contributed by atoms with Crippen LogP contribution in [0.5, 0.6) is 5.75 Å². The molecule has 0 aliphatic heterocycles. The summed E-state index contributed by atoms with van der Waals surface area (Å²) in [5.41, 5.74) is 4.12. The smallest absolute Gasteiger partial charge is 0.463 e. The minimum absolute atomic E-state index is 0.409. The van der Waals surface area contributed by atoms with Crippen LogP contribution in [-0.4, -0.2) is 27.4 Å². The molecule has 0 bridgehead atoms. The Morgan fingerprint density at radius 3 is 2.12 bits per heavy atom. The molecule has 2 aromatic carbocycles. The summed E-state index contributed by atoms with van der Waals surface area (Å²) in [5.74, 6) is 0.850. The minimum atomic E-state index is -0.409. The zero-order valence-electron chi connectivity index (χ0n) is 15.7. The highest BCUT2D eigenvalue weighted by atomic mass is 16.5. The maximum Gasteiger partial charge on any atom is 0.463 e. The van der Waals surface area contributed by atoms with Crippen molar-refractivity contribution in [1.82, 2.24) is 0 Å². The van der Waals surface area contributed by atoms with Crippen LogP contribution in [0.25, 0.3) is 21.9 Å². The summed E-state index contributed by atoms with van der Waals surface area (Å²) in [7, 11) is 4.74. The van der Waals surface area contributed by atoms with E-state index in [4.69, 9.17) is 9.47 Å². The molecule has 0 aliphatic carbocycles. The van der Waals surface area contributed by atoms with Crippen LogP contribution in [0.15, 0.2) is 48.5 Å². The maximum absolute atomic E-state index is 11.8.